The van der Waals surface area contributed by atoms with Crippen molar-refractivity contribution in [2.24, 2.45) is 7.05 Å². The molecule has 1 aromatic carbocycles. The fourth-order valence-electron chi connectivity index (χ4n) is 2.36. The van der Waals surface area contributed by atoms with Gasteiger partial charge in [0, 0.05) is 19.4 Å². The predicted molar refractivity (Wildman–Crippen MR) is 67.1 cm³/mol. The number of carbonyl (C=O) groups excluding carboxylic acids is 2. The average Bonchev–Trinajstić information content (AvgIpc) is 2.95. The molecule has 0 radical (unpaired) electrons. The molecule has 0 saturated carbocycles. The number of rotatable bonds is 2. The predicted octanol–water partition coefficient (Wildman–Crippen LogP) is 0.503. The van der Waals surface area contributed by atoms with Crippen LogP contribution in [0.25, 0.3) is 0 Å². The molecule has 6 heteroatoms. The number of nitrogens with one attached hydrogen (secondary N) is 2. The number of imide groups is 1. The van der Waals surface area contributed by atoms with E-state index < -0.39 is 17.5 Å². The molecule has 3 amide bonds. The molecule has 2 N–H and O–H groups in total. The molecule has 2 heterocycles. The van der Waals surface area contributed by atoms with Gasteiger partial charge >= 0.3 is 6.03 Å². The second kappa shape index (κ2) is 3.94. The Hall–Kier alpha value is -2.63. The van der Waals surface area contributed by atoms with E-state index in [1.165, 1.54) is 0 Å². The molecular weight excluding hydrogens is 244 g/mol. The largest absolute Gasteiger partial charge is 0.335 e. The number of nitrogens with zero attached hydrogens (tertiary/aromatic N) is 2. The third kappa shape index (κ3) is 1.53. The Balaban J connectivity index is 2.26. The molecule has 19 heavy (non-hydrogen) atoms. The highest BCUT2D eigenvalue weighted by Crippen LogP contribution is 2.31. The van der Waals surface area contributed by atoms with Crippen LogP contribution in [0.4, 0.5) is 4.79 Å². The van der Waals surface area contributed by atoms with Crippen LogP contribution in [0.1, 0.15) is 11.4 Å². The topological polar surface area (TPSA) is 76.0 Å². The quantitative estimate of drug-likeness (QED) is 0.768. The van der Waals surface area contributed by atoms with Crippen molar-refractivity contribution in [3.05, 3.63) is 54.1 Å². The van der Waals surface area contributed by atoms with Crippen LogP contribution < -0.4 is 10.6 Å². The molecule has 3 rings (SSSR count). The summed E-state index contributed by atoms with van der Waals surface area (Å²) in [5.74, 6) is 0.0556. The number of hydrogen-bond acceptors (Lipinski definition) is 3. The summed E-state index contributed by atoms with van der Waals surface area (Å²) >= 11 is 0. The number of amides is 3. The zero-order chi connectivity index (χ0) is 13.5. The fourth-order valence-corrected chi connectivity index (χ4v) is 2.36. The summed E-state index contributed by atoms with van der Waals surface area (Å²) in [6.45, 7) is 0. The van der Waals surface area contributed by atoms with Crippen LogP contribution in [0, 0.1) is 0 Å². The highest BCUT2D eigenvalue weighted by atomic mass is 16.2. The van der Waals surface area contributed by atoms with Crippen LogP contribution >= 0.6 is 0 Å². The van der Waals surface area contributed by atoms with Gasteiger partial charge in [-0.25, -0.2) is 9.78 Å². The smallest absolute Gasteiger partial charge is 0.322 e. The van der Waals surface area contributed by atoms with E-state index in [2.05, 4.69) is 15.6 Å². The molecule has 0 spiro atoms. The van der Waals surface area contributed by atoms with Gasteiger partial charge in [-0.05, 0) is 5.56 Å². The molecule has 1 aliphatic heterocycles. The lowest BCUT2D eigenvalue weighted by Gasteiger charge is -2.25. The number of hydrogen-bond donors (Lipinski definition) is 2. The lowest BCUT2D eigenvalue weighted by molar-refractivity contribution is -0.123. The van der Waals surface area contributed by atoms with Crippen LogP contribution in [-0.4, -0.2) is 21.5 Å². The summed E-state index contributed by atoms with van der Waals surface area (Å²) in [4.78, 5) is 28.1. The minimum atomic E-state index is -1.27. The summed E-state index contributed by atoms with van der Waals surface area (Å²) in [5, 5.41) is 4.97. The Morgan fingerprint density at radius 3 is 2.47 bits per heavy atom. The lowest BCUT2D eigenvalue weighted by atomic mass is 9.89. The van der Waals surface area contributed by atoms with Gasteiger partial charge in [-0.1, -0.05) is 30.3 Å². The van der Waals surface area contributed by atoms with Crippen molar-refractivity contribution in [3.63, 3.8) is 0 Å². The molecule has 1 fully saturated rings. The van der Waals surface area contributed by atoms with Gasteiger partial charge in [0.15, 0.2) is 0 Å². The highest BCUT2D eigenvalue weighted by Gasteiger charge is 2.51. The number of imidazole rings is 1. The number of carbonyl (C=O) groups is 2. The van der Waals surface area contributed by atoms with Gasteiger partial charge in [0.25, 0.3) is 5.91 Å². The second-order valence-corrected chi connectivity index (χ2v) is 4.39. The van der Waals surface area contributed by atoms with Crippen molar-refractivity contribution in [2.75, 3.05) is 0 Å². The Labute approximate surface area is 109 Å². The normalized spacial score (nSPS) is 22.2. The van der Waals surface area contributed by atoms with Crippen molar-refractivity contribution in [1.82, 2.24) is 20.2 Å². The average molecular weight is 256 g/mol. The second-order valence-electron chi connectivity index (χ2n) is 4.39. The lowest BCUT2D eigenvalue weighted by Crippen LogP contribution is -2.46. The van der Waals surface area contributed by atoms with Crippen molar-refractivity contribution >= 4 is 11.9 Å². The van der Waals surface area contributed by atoms with Crippen LogP contribution in [0.15, 0.2) is 42.7 Å². The van der Waals surface area contributed by atoms with E-state index in [0.717, 1.165) is 0 Å². The summed E-state index contributed by atoms with van der Waals surface area (Å²) in [6.07, 6.45) is 3.33. The zero-order valence-electron chi connectivity index (χ0n) is 10.3. The van der Waals surface area contributed by atoms with Gasteiger partial charge in [-0.15, -0.1) is 0 Å². The molecular formula is C13H12N4O2. The molecule has 0 bridgehead atoms. The van der Waals surface area contributed by atoms with Crippen molar-refractivity contribution in [3.8, 4) is 0 Å². The van der Waals surface area contributed by atoms with Gasteiger partial charge in [0.1, 0.15) is 5.82 Å². The van der Waals surface area contributed by atoms with Crippen LogP contribution in [0.5, 0.6) is 0 Å². The fraction of sp³-hybridized carbons (Fsp3) is 0.154. The molecule has 1 aromatic heterocycles. The first-order valence-electron chi connectivity index (χ1n) is 5.81. The maximum Gasteiger partial charge on any atom is 0.322 e. The van der Waals surface area contributed by atoms with E-state index in [-0.39, 0.29) is 0 Å². The zero-order valence-corrected chi connectivity index (χ0v) is 10.3. The number of urea groups is 1. The molecule has 6 nitrogen and oxygen atoms in total. The van der Waals surface area contributed by atoms with Crippen LogP contribution in [0.2, 0.25) is 0 Å². The maximum absolute atomic E-state index is 12.3. The number of aromatic nitrogens is 2. The summed E-state index contributed by atoms with van der Waals surface area (Å²) in [7, 11) is 1.78. The minimum absolute atomic E-state index is 0.419. The number of benzene rings is 1. The third-order valence-electron chi connectivity index (χ3n) is 3.23. The van der Waals surface area contributed by atoms with E-state index in [9.17, 15) is 9.59 Å². The van der Waals surface area contributed by atoms with E-state index in [1.54, 1.807) is 36.1 Å². The Kier molecular flexibility index (Phi) is 2.38. The van der Waals surface area contributed by atoms with Gasteiger partial charge in [0.05, 0.1) is 0 Å². The van der Waals surface area contributed by atoms with E-state index in [4.69, 9.17) is 0 Å². The van der Waals surface area contributed by atoms with Gasteiger partial charge < -0.3 is 9.88 Å². The van der Waals surface area contributed by atoms with Crippen molar-refractivity contribution in [1.29, 1.82) is 0 Å². The molecule has 96 valence electrons. The van der Waals surface area contributed by atoms with E-state index in [0.29, 0.717) is 11.4 Å². The van der Waals surface area contributed by atoms with Gasteiger partial charge in [-0.2, -0.15) is 0 Å². The van der Waals surface area contributed by atoms with E-state index in [1.807, 2.05) is 18.2 Å². The Morgan fingerprint density at radius 2 is 1.95 bits per heavy atom. The summed E-state index contributed by atoms with van der Waals surface area (Å²) < 4.78 is 1.72. The molecule has 1 unspecified atom stereocenters. The first-order valence-corrected chi connectivity index (χ1v) is 5.81. The highest BCUT2D eigenvalue weighted by molar-refractivity contribution is 6.09. The monoisotopic (exact) mass is 256 g/mol. The van der Waals surface area contributed by atoms with Gasteiger partial charge in [0.2, 0.25) is 5.54 Å². The molecule has 1 atom stereocenters. The third-order valence-corrected chi connectivity index (χ3v) is 3.23. The Bertz CT molecular complexity index is 650. The Morgan fingerprint density at radius 1 is 1.21 bits per heavy atom. The molecule has 0 aliphatic carbocycles. The summed E-state index contributed by atoms with van der Waals surface area (Å²) in [5.41, 5.74) is -0.594. The van der Waals surface area contributed by atoms with Crippen LogP contribution in [-0.2, 0) is 17.4 Å². The first-order chi connectivity index (χ1) is 9.14. The molecule has 2 aromatic rings. The first kappa shape index (κ1) is 11.5. The van der Waals surface area contributed by atoms with E-state index >= 15 is 0 Å². The molecule has 1 saturated heterocycles. The number of aryl methyl sites for hydroxylation is 1. The molecule has 1 aliphatic rings. The van der Waals surface area contributed by atoms with Crippen LogP contribution in [0.3, 0.4) is 0 Å². The van der Waals surface area contributed by atoms with Crippen molar-refractivity contribution in [2.45, 2.75) is 5.54 Å². The standard InChI is InChI=1S/C13H12N4O2/c1-17-8-7-14-10(17)13(9-5-3-2-4-6-9)11(18)15-12(19)16-13/h2-8H,1H3,(H2,15,16,18,19). The van der Waals surface area contributed by atoms with Gasteiger partial charge in [-0.3, -0.25) is 10.1 Å². The summed E-state index contributed by atoms with van der Waals surface area (Å²) in [6, 6.07) is 8.55. The SMILES string of the molecule is Cn1ccnc1C1(c2ccccc2)NC(=O)NC1=O. The minimum Gasteiger partial charge on any atom is -0.335 e. The maximum atomic E-state index is 12.3. The van der Waals surface area contributed by atoms with Crippen molar-refractivity contribution < 1.29 is 9.59 Å².